The lowest BCUT2D eigenvalue weighted by atomic mass is 10.1. The van der Waals surface area contributed by atoms with E-state index in [1.807, 2.05) is 0 Å². The van der Waals surface area contributed by atoms with Gasteiger partial charge in [0.2, 0.25) is 0 Å². The Morgan fingerprint density at radius 3 is 2.62 bits per heavy atom. The molecule has 1 unspecified atom stereocenters. The zero-order chi connectivity index (χ0) is 15.4. The van der Waals surface area contributed by atoms with Crippen LogP contribution in [0.2, 0.25) is 10.0 Å². The maximum atomic E-state index is 10.9. The van der Waals surface area contributed by atoms with Gasteiger partial charge < -0.3 is 10.4 Å². The SMILES string of the molecule is O=[N+]([O-])c1ccccc1NC(O)Cc1cccc(Cl)c1Cl. The molecule has 0 aliphatic carbocycles. The van der Waals surface area contributed by atoms with Crippen molar-refractivity contribution < 1.29 is 10.0 Å². The molecule has 2 N–H and O–H groups in total. The minimum atomic E-state index is -1.03. The van der Waals surface area contributed by atoms with E-state index in [0.29, 0.717) is 15.6 Å². The number of nitrogens with one attached hydrogen (secondary N) is 1. The van der Waals surface area contributed by atoms with Gasteiger partial charge >= 0.3 is 0 Å². The number of nitrogens with zero attached hydrogens (tertiary/aromatic N) is 1. The Hall–Kier alpha value is -1.82. The minimum absolute atomic E-state index is 0.103. The first-order valence-electron chi connectivity index (χ1n) is 6.10. The van der Waals surface area contributed by atoms with E-state index in [2.05, 4.69) is 5.32 Å². The predicted molar refractivity (Wildman–Crippen MR) is 82.9 cm³/mol. The molecule has 110 valence electrons. The van der Waals surface area contributed by atoms with Crippen LogP contribution in [0.3, 0.4) is 0 Å². The van der Waals surface area contributed by atoms with E-state index in [9.17, 15) is 15.2 Å². The van der Waals surface area contributed by atoms with Crippen molar-refractivity contribution >= 4 is 34.6 Å². The van der Waals surface area contributed by atoms with Gasteiger partial charge in [-0.25, -0.2) is 0 Å². The zero-order valence-corrected chi connectivity index (χ0v) is 12.3. The molecular formula is C14H12Cl2N2O3. The highest BCUT2D eigenvalue weighted by Crippen LogP contribution is 2.28. The predicted octanol–water partition coefficient (Wildman–Crippen LogP) is 3.87. The van der Waals surface area contributed by atoms with Crippen LogP contribution in [0, 0.1) is 10.1 Å². The third-order valence-corrected chi connectivity index (χ3v) is 3.73. The average molecular weight is 327 g/mol. The average Bonchev–Trinajstić information content (AvgIpc) is 2.44. The molecule has 0 spiro atoms. The first kappa shape index (κ1) is 15.6. The minimum Gasteiger partial charge on any atom is -0.373 e. The standard InChI is InChI=1S/C14H12Cl2N2O3/c15-10-5-3-4-9(14(10)16)8-13(19)17-11-6-1-2-7-12(11)18(20)21/h1-7,13,17,19H,8H2. The number of nitro groups is 1. The van der Waals surface area contributed by atoms with Crippen molar-refractivity contribution in [2.24, 2.45) is 0 Å². The summed E-state index contributed by atoms with van der Waals surface area (Å²) in [5, 5.41) is 24.4. The largest absolute Gasteiger partial charge is 0.373 e. The summed E-state index contributed by atoms with van der Waals surface area (Å²) in [5.41, 5.74) is 0.796. The maximum absolute atomic E-state index is 10.9. The van der Waals surface area contributed by atoms with Crippen molar-refractivity contribution in [3.63, 3.8) is 0 Å². The normalized spacial score (nSPS) is 12.0. The van der Waals surface area contributed by atoms with Crippen LogP contribution in [0.4, 0.5) is 11.4 Å². The monoisotopic (exact) mass is 326 g/mol. The second-order valence-electron chi connectivity index (χ2n) is 4.35. The van der Waals surface area contributed by atoms with Crippen LogP contribution in [-0.2, 0) is 6.42 Å². The van der Waals surface area contributed by atoms with E-state index in [4.69, 9.17) is 23.2 Å². The Morgan fingerprint density at radius 1 is 1.19 bits per heavy atom. The molecule has 0 aliphatic heterocycles. The molecule has 0 aliphatic rings. The van der Waals surface area contributed by atoms with Crippen molar-refractivity contribution in [2.45, 2.75) is 12.6 Å². The van der Waals surface area contributed by atoms with Crippen LogP contribution >= 0.6 is 23.2 Å². The molecule has 0 bridgehead atoms. The van der Waals surface area contributed by atoms with E-state index < -0.39 is 11.2 Å². The van der Waals surface area contributed by atoms with Crippen molar-refractivity contribution in [3.8, 4) is 0 Å². The molecule has 0 fully saturated rings. The number of anilines is 1. The highest BCUT2D eigenvalue weighted by Gasteiger charge is 2.16. The third kappa shape index (κ3) is 3.85. The lowest BCUT2D eigenvalue weighted by Gasteiger charge is -2.15. The van der Waals surface area contributed by atoms with Crippen LogP contribution in [0.25, 0.3) is 0 Å². The quantitative estimate of drug-likeness (QED) is 0.496. The molecule has 0 radical (unpaired) electrons. The van der Waals surface area contributed by atoms with Gasteiger partial charge in [0.15, 0.2) is 0 Å². The molecule has 2 rings (SSSR count). The van der Waals surface area contributed by atoms with Crippen molar-refractivity contribution in [3.05, 3.63) is 68.2 Å². The molecule has 0 saturated carbocycles. The summed E-state index contributed by atoms with van der Waals surface area (Å²) in [6.07, 6.45) is -0.854. The van der Waals surface area contributed by atoms with Crippen molar-refractivity contribution in [1.29, 1.82) is 0 Å². The van der Waals surface area contributed by atoms with Gasteiger partial charge in [-0.15, -0.1) is 0 Å². The van der Waals surface area contributed by atoms with Crippen LogP contribution in [0.15, 0.2) is 42.5 Å². The Kier molecular flexibility index (Phi) is 5.01. The van der Waals surface area contributed by atoms with E-state index in [1.165, 1.54) is 12.1 Å². The summed E-state index contributed by atoms with van der Waals surface area (Å²) >= 11 is 11.9. The van der Waals surface area contributed by atoms with Gasteiger partial charge in [0.25, 0.3) is 5.69 Å². The summed E-state index contributed by atoms with van der Waals surface area (Å²) in [4.78, 5) is 10.4. The molecule has 21 heavy (non-hydrogen) atoms. The number of benzene rings is 2. The zero-order valence-electron chi connectivity index (χ0n) is 10.8. The second-order valence-corrected chi connectivity index (χ2v) is 5.14. The van der Waals surface area contributed by atoms with Gasteiger partial charge in [0, 0.05) is 12.5 Å². The van der Waals surface area contributed by atoms with Crippen LogP contribution in [0.1, 0.15) is 5.56 Å². The number of hydrogen-bond acceptors (Lipinski definition) is 4. The highest BCUT2D eigenvalue weighted by molar-refractivity contribution is 6.42. The molecule has 1 atom stereocenters. The molecule has 0 heterocycles. The van der Waals surface area contributed by atoms with Gasteiger partial charge in [-0.05, 0) is 17.7 Å². The second kappa shape index (κ2) is 6.76. The Labute approximate surface area is 131 Å². The molecule has 7 heteroatoms. The molecule has 2 aromatic carbocycles. The molecule has 0 saturated heterocycles. The number of para-hydroxylation sites is 2. The molecule has 0 aromatic heterocycles. The summed E-state index contributed by atoms with van der Waals surface area (Å²) in [5.74, 6) is 0. The Bertz CT molecular complexity index is 664. The number of halogens is 2. The van der Waals surface area contributed by atoms with Crippen LogP contribution in [-0.4, -0.2) is 16.3 Å². The first-order chi connectivity index (χ1) is 9.99. The fraction of sp³-hybridized carbons (Fsp3) is 0.143. The Morgan fingerprint density at radius 2 is 1.90 bits per heavy atom. The lowest BCUT2D eigenvalue weighted by molar-refractivity contribution is -0.384. The van der Waals surface area contributed by atoms with Gasteiger partial charge in [0.1, 0.15) is 11.9 Å². The number of aliphatic hydroxyl groups excluding tert-OH is 1. The van der Waals surface area contributed by atoms with Crippen LogP contribution in [0.5, 0.6) is 0 Å². The lowest BCUT2D eigenvalue weighted by Crippen LogP contribution is -2.22. The van der Waals surface area contributed by atoms with Crippen molar-refractivity contribution in [1.82, 2.24) is 0 Å². The van der Waals surface area contributed by atoms with Gasteiger partial charge in [-0.2, -0.15) is 0 Å². The summed E-state index contributed by atoms with van der Waals surface area (Å²) in [6.45, 7) is 0. The fourth-order valence-corrected chi connectivity index (χ4v) is 2.30. The first-order valence-corrected chi connectivity index (χ1v) is 6.85. The molecule has 2 aromatic rings. The molecular weight excluding hydrogens is 315 g/mol. The third-order valence-electron chi connectivity index (χ3n) is 2.87. The van der Waals surface area contributed by atoms with Gasteiger partial charge in [-0.1, -0.05) is 47.5 Å². The smallest absolute Gasteiger partial charge is 0.292 e. The summed E-state index contributed by atoms with van der Waals surface area (Å²) in [7, 11) is 0. The van der Waals surface area contributed by atoms with E-state index in [1.54, 1.807) is 30.3 Å². The van der Waals surface area contributed by atoms with E-state index in [-0.39, 0.29) is 17.8 Å². The topological polar surface area (TPSA) is 75.4 Å². The molecule has 0 amide bonds. The molecule has 5 nitrogen and oxygen atoms in total. The van der Waals surface area contributed by atoms with Gasteiger partial charge in [0.05, 0.1) is 15.0 Å². The fourth-order valence-electron chi connectivity index (χ4n) is 1.90. The summed E-state index contributed by atoms with van der Waals surface area (Å²) < 4.78 is 0. The number of aliphatic hydroxyl groups is 1. The van der Waals surface area contributed by atoms with Gasteiger partial charge in [-0.3, -0.25) is 10.1 Å². The highest BCUT2D eigenvalue weighted by atomic mass is 35.5. The number of hydrogen-bond donors (Lipinski definition) is 2. The van der Waals surface area contributed by atoms with Crippen LogP contribution < -0.4 is 5.32 Å². The van der Waals surface area contributed by atoms with Crippen molar-refractivity contribution in [2.75, 3.05) is 5.32 Å². The number of rotatable bonds is 5. The Balaban J connectivity index is 2.14. The number of nitro benzene ring substituents is 1. The van der Waals surface area contributed by atoms with E-state index in [0.717, 1.165) is 0 Å². The maximum Gasteiger partial charge on any atom is 0.292 e. The van der Waals surface area contributed by atoms with E-state index >= 15 is 0 Å². The summed E-state index contributed by atoms with van der Waals surface area (Å²) in [6, 6.07) is 11.2.